The van der Waals surface area contributed by atoms with Gasteiger partial charge in [0.25, 0.3) is 0 Å². The van der Waals surface area contributed by atoms with Crippen molar-refractivity contribution in [2.24, 2.45) is 10.8 Å². The van der Waals surface area contributed by atoms with Crippen LogP contribution in [0.1, 0.15) is 32.3 Å². The average molecular weight is 320 g/mol. The minimum Gasteiger partial charge on any atom is -0.494 e. The lowest BCUT2D eigenvalue weighted by molar-refractivity contribution is 0.311. The Kier molecular flexibility index (Phi) is 6.15. The molecule has 1 aromatic rings. The van der Waals surface area contributed by atoms with Gasteiger partial charge in [-0.05, 0) is 51.0 Å². The summed E-state index contributed by atoms with van der Waals surface area (Å²) in [5, 5.41) is 4.39. The van der Waals surface area contributed by atoms with Gasteiger partial charge in [-0.2, -0.15) is 5.10 Å². The van der Waals surface area contributed by atoms with Gasteiger partial charge in [0.1, 0.15) is 16.6 Å². The molecular weight excluding hydrogens is 296 g/mol. The van der Waals surface area contributed by atoms with Gasteiger partial charge >= 0.3 is 0 Å². The topological polar surface area (TPSA) is 62.9 Å². The molecule has 0 unspecified atom stereocenters. The van der Waals surface area contributed by atoms with Crippen LogP contribution in [0.25, 0.3) is 0 Å². The molecule has 5 nitrogen and oxygen atoms in total. The Morgan fingerprint density at radius 1 is 1.36 bits per heavy atom. The highest BCUT2D eigenvalue weighted by atomic mass is 32.1. The molecule has 0 bridgehead atoms. The summed E-state index contributed by atoms with van der Waals surface area (Å²) >= 11 is 5.37. The van der Waals surface area contributed by atoms with Crippen LogP contribution in [-0.4, -0.2) is 41.5 Å². The Morgan fingerprint density at radius 3 is 2.59 bits per heavy atom. The van der Waals surface area contributed by atoms with Gasteiger partial charge in [-0.3, -0.25) is 5.43 Å². The van der Waals surface area contributed by atoms with E-state index in [1.165, 1.54) is 0 Å². The fraction of sp³-hybridized carbons (Fsp3) is 0.500. The minimum atomic E-state index is 0.321. The number of thiocarbonyl (C=S) groups is 1. The van der Waals surface area contributed by atoms with Gasteiger partial charge in [-0.25, -0.2) is 0 Å². The van der Waals surface area contributed by atoms with E-state index < -0.39 is 0 Å². The molecule has 0 radical (unpaired) electrons. The van der Waals surface area contributed by atoms with Crippen LogP contribution in [0.15, 0.2) is 29.4 Å². The van der Waals surface area contributed by atoms with Crippen LogP contribution < -0.4 is 15.9 Å². The molecule has 3 N–H and O–H groups in total. The maximum Gasteiger partial charge on any atom is 0.126 e. The summed E-state index contributed by atoms with van der Waals surface area (Å²) < 4.78 is 5.42. The highest BCUT2D eigenvalue weighted by Gasteiger charge is 2.16. The van der Waals surface area contributed by atoms with Gasteiger partial charge in [0, 0.05) is 24.7 Å². The third-order valence-electron chi connectivity index (χ3n) is 3.74. The number of amidine groups is 1. The molecule has 1 aliphatic heterocycles. The number of hydrazone groups is 1. The second kappa shape index (κ2) is 8.10. The van der Waals surface area contributed by atoms with Gasteiger partial charge in [0.2, 0.25) is 0 Å². The highest BCUT2D eigenvalue weighted by molar-refractivity contribution is 7.80. The first kappa shape index (κ1) is 16.7. The standard InChI is InChI=1S/C16H24N4OS/c1-3-21-15-6-4-13(5-7-15)16(22)19-18-12(2)20-10-8-14(17)9-11-20/h4-7,14H,3,8-11,17H2,1-2H3,(H,19,22)/b18-12+. The van der Waals surface area contributed by atoms with E-state index in [4.69, 9.17) is 22.7 Å². The first-order valence-electron chi connectivity index (χ1n) is 7.68. The van der Waals surface area contributed by atoms with E-state index in [0.29, 0.717) is 17.6 Å². The van der Waals surface area contributed by atoms with E-state index in [1.54, 1.807) is 0 Å². The minimum absolute atomic E-state index is 0.321. The number of nitrogens with zero attached hydrogens (tertiary/aromatic N) is 2. The van der Waals surface area contributed by atoms with Crippen molar-refractivity contribution in [1.29, 1.82) is 0 Å². The number of rotatable bonds is 4. The molecule has 0 aliphatic carbocycles. The second-order valence-corrected chi connectivity index (χ2v) is 5.79. The van der Waals surface area contributed by atoms with E-state index in [2.05, 4.69) is 15.4 Å². The molecule has 0 amide bonds. The molecule has 1 aliphatic rings. The third kappa shape index (κ3) is 4.68. The third-order valence-corrected chi connectivity index (χ3v) is 4.07. The maximum absolute atomic E-state index is 5.92. The number of nitrogens with two attached hydrogens (primary N) is 1. The molecule has 0 saturated carbocycles. The van der Waals surface area contributed by atoms with Crippen molar-refractivity contribution >= 4 is 23.0 Å². The SMILES string of the molecule is CCOc1ccc(C(=S)N/N=C(\C)N2CCC(N)CC2)cc1. The quantitative estimate of drug-likeness (QED) is 0.385. The molecule has 0 spiro atoms. The van der Waals surface area contributed by atoms with Crippen LogP contribution in [0.2, 0.25) is 0 Å². The zero-order valence-electron chi connectivity index (χ0n) is 13.2. The van der Waals surface area contributed by atoms with Crippen LogP contribution in [0.4, 0.5) is 0 Å². The number of benzene rings is 1. The summed E-state index contributed by atoms with van der Waals surface area (Å²) in [6, 6.07) is 8.02. The second-order valence-electron chi connectivity index (χ2n) is 5.38. The summed E-state index contributed by atoms with van der Waals surface area (Å²) in [7, 11) is 0. The van der Waals surface area contributed by atoms with E-state index >= 15 is 0 Å². The van der Waals surface area contributed by atoms with Gasteiger partial charge in [-0.1, -0.05) is 12.2 Å². The lowest BCUT2D eigenvalue weighted by Crippen LogP contribution is -2.42. The lowest BCUT2D eigenvalue weighted by atomic mass is 10.1. The summed E-state index contributed by atoms with van der Waals surface area (Å²) in [4.78, 5) is 2.84. The van der Waals surface area contributed by atoms with Gasteiger partial charge in [0.05, 0.1) is 6.61 Å². The molecule has 2 rings (SSSR count). The summed E-state index contributed by atoms with van der Waals surface area (Å²) in [6.07, 6.45) is 2.02. The number of ether oxygens (including phenoxy) is 1. The molecule has 1 heterocycles. The Labute approximate surface area is 137 Å². The first-order chi connectivity index (χ1) is 10.6. The summed E-state index contributed by atoms with van der Waals surface area (Å²) in [6.45, 7) is 6.52. The van der Waals surface area contributed by atoms with E-state index in [9.17, 15) is 0 Å². The predicted molar refractivity (Wildman–Crippen MR) is 94.3 cm³/mol. The predicted octanol–water partition coefficient (Wildman–Crippen LogP) is 2.11. The molecule has 1 aromatic carbocycles. The summed E-state index contributed by atoms with van der Waals surface area (Å²) in [5.41, 5.74) is 9.81. The Morgan fingerprint density at radius 2 is 2.00 bits per heavy atom. The van der Waals surface area contributed by atoms with E-state index in [0.717, 1.165) is 43.1 Å². The Hall–Kier alpha value is -1.66. The van der Waals surface area contributed by atoms with Gasteiger partial charge in [0.15, 0.2) is 0 Å². The number of likely N-dealkylation sites (tertiary alicyclic amines) is 1. The van der Waals surface area contributed by atoms with Crippen LogP contribution in [-0.2, 0) is 0 Å². The molecule has 22 heavy (non-hydrogen) atoms. The molecule has 120 valence electrons. The molecule has 0 aromatic heterocycles. The number of nitrogens with one attached hydrogen (secondary N) is 1. The van der Waals surface area contributed by atoms with Crippen LogP contribution in [0.5, 0.6) is 5.75 Å². The fourth-order valence-corrected chi connectivity index (χ4v) is 2.54. The Bertz CT molecular complexity index is 521. The van der Waals surface area contributed by atoms with Crippen LogP contribution in [0.3, 0.4) is 0 Å². The monoisotopic (exact) mass is 320 g/mol. The van der Waals surface area contributed by atoms with Crippen molar-refractivity contribution < 1.29 is 4.74 Å². The van der Waals surface area contributed by atoms with E-state index in [-0.39, 0.29) is 0 Å². The zero-order valence-corrected chi connectivity index (χ0v) is 14.0. The number of piperidine rings is 1. The molecule has 1 saturated heterocycles. The average Bonchev–Trinajstić information content (AvgIpc) is 2.54. The van der Waals surface area contributed by atoms with Crippen molar-refractivity contribution in [1.82, 2.24) is 10.3 Å². The molecule has 0 atom stereocenters. The maximum atomic E-state index is 5.92. The van der Waals surface area contributed by atoms with Gasteiger partial charge in [-0.15, -0.1) is 0 Å². The largest absolute Gasteiger partial charge is 0.494 e. The van der Waals surface area contributed by atoms with Crippen molar-refractivity contribution in [3.05, 3.63) is 29.8 Å². The summed E-state index contributed by atoms with van der Waals surface area (Å²) in [5.74, 6) is 1.79. The molecular formula is C16H24N4OS. The zero-order chi connectivity index (χ0) is 15.9. The van der Waals surface area contributed by atoms with E-state index in [1.807, 2.05) is 38.1 Å². The fourth-order valence-electron chi connectivity index (χ4n) is 2.36. The smallest absolute Gasteiger partial charge is 0.126 e. The van der Waals surface area contributed by atoms with Crippen molar-refractivity contribution in [2.75, 3.05) is 19.7 Å². The van der Waals surface area contributed by atoms with Crippen molar-refractivity contribution in [3.8, 4) is 5.75 Å². The Balaban J connectivity index is 1.89. The van der Waals surface area contributed by atoms with Crippen LogP contribution in [0, 0.1) is 0 Å². The highest BCUT2D eigenvalue weighted by Crippen LogP contribution is 2.12. The van der Waals surface area contributed by atoms with Crippen molar-refractivity contribution in [3.63, 3.8) is 0 Å². The first-order valence-corrected chi connectivity index (χ1v) is 8.09. The van der Waals surface area contributed by atoms with Crippen molar-refractivity contribution in [2.45, 2.75) is 32.7 Å². The van der Waals surface area contributed by atoms with Crippen LogP contribution >= 0.6 is 12.2 Å². The molecule has 6 heteroatoms. The van der Waals surface area contributed by atoms with Gasteiger partial charge < -0.3 is 15.4 Å². The number of hydrogen-bond acceptors (Lipinski definition) is 4. The molecule has 1 fully saturated rings. The lowest BCUT2D eigenvalue weighted by Gasteiger charge is -2.31. The normalized spacial score (nSPS) is 16.5. The number of hydrogen-bond donors (Lipinski definition) is 2.